The number of rotatable bonds is 11. The maximum atomic E-state index is 13.1. The van der Waals surface area contributed by atoms with E-state index in [0.29, 0.717) is 5.56 Å². The molecule has 0 aromatic heterocycles. The Balaban J connectivity index is 1.96. The van der Waals surface area contributed by atoms with E-state index in [9.17, 15) is 18.3 Å². The third kappa shape index (κ3) is 7.41. The van der Waals surface area contributed by atoms with Crippen molar-refractivity contribution in [1.82, 2.24) is 0 Å². The average molecular weight is 434 g/mol. The molecule has 1 fully saturated rings. The predicted octanol–water partition coefficient (Wildman–Crippen LogP) is 5.08. The second-order valence-corrected chi connectivity index (χ2v) is 7.56. The fraction of sp³-hybridized carbons (Fsp3) is 0.727. The second kappa shape index (κ2) is 11.9. The van der Waals surface area contributed by atoms with Crippen LogP contribution in [0.3, 0.4) is 0 Å². The smallest absolute Gasteiger partial charge is 0.419 e. The van der Waals surface area contributed by atoms with Crippen molar-refractivity contribution >= 4 is 0 Å². The molecule has 1 saturated heterocycles. The highest BCUT2D eigenvalue weighted by Crippen LogP contribution is 2.37. The van der Waals surface area contributed by atoms with E-state index in [1.165, 1.54) is 12.1 Å². The van der Waals surface area contributed by atoms with Gasteiger partial charge in [-0.05, 0) is 44.4 Å². The molecule has 0 saturated carbocycles. The lowest BCUT2D eigenvalue weighted by Crippen LogP contribution is -2.50. The minimum absolute atomic E-state index is 0.0555. The number of hydrogen-bond donors (Lipinski definition) is 1. The Kier molecular flexibility index (Phi) is 9.87. The zero-order valence-electron chi connectivity index (χ0n) is 17.9. The van der Waals surface area contributed by atoms with Gasteiger partial charge in [0.05, 0.1) is 31.5 Å². The average Bonchev–Trinajstić information content (AvgIpc) is 2.69. The third-order valence-electron chi connectivity index (χ3n) is 5.01. The zero-order valence-corrected chi connectivity index (χ0v) is 17.9. The molecule has 1 aromatic carbocycles. The van der Waals surface area contributed by atoms with Crippen molar-refractivity contribution in [2.75, 3.05) is 13.2 Å². The highest BCUT2D eigenvalue weighted by molar-refractivity contribution is 5.39. The van der Waals surface area contributed by atoms with Crippen molar-refractivity contribution in [3.63, 3.8) is 0 Å². The van der Waals surface area contributed by atoms with E-state index in [0.717, 1.165) is 38.2 Å². The van der Waals surface area contributed by atoms with E-state index in [1.54, 1.807) is 13.8 Å². The summed E-state index contributed by atoms with van der Waals surface area (Å²) in [5.41, 5.74) is -0.275. The lowest BCUT2D eigenvalue weighted by atomic mass is 10.1. The van der Waals surface area contributed by atoms with Gasteiger partial charge in [0.1, 0.15) is 18.0 Å². The molecule has 1 aromatic rings. The van der Waals surface area contributed by atoms with Crippen LogP contribution in [-0.4, -0.2) is 42.9 Å². The highest BCUT2D eigenvalue weighted by atomic mass is 19.4. The van der Waals surface area contributed by atoms with Gasteiger partial charge >= 0.3 is 6.18 Å². The van der Waals surface area contributed by atoms with E-state index in [2.05, 4.69) is 6.92 Å². The molecule has 4 atom stereocenters. The molecule has 1 heterocycles. The summed E-state index contributed by atoms with van der Waals surface area (Å²) in [6.45, 7) is 5.85. The SMILES string of the molecule is CCCCCC[C@H]1OC[C@@H](OCc2ccc(C(F)(F)F)c(OCC)c2)[C@@H](C(C)O)O1. The Hall–Kier alpha value is -1.35. The van der Waals surface area contributed by atoms with Crippen molar-refractivity contribution in [2.45, 2.75) is 90.3 Å². The van der Waals surface area contributed by atoms with E-state index in [-0.39, 0.29) is 31.9 Å². The summed E-state index contributed by atoms with van der Waals surface area (Å²) in [4.78, 5) is 0. The molecule has 0 amide bonds. The van der Waals surface area contributed by atoms with Crippen molar-refractivity contribution in [2.24, 2.45) is 0 Å². The predicted molar refractivity (Wildman–Crippen MR) is 106 cm³/mol. The first kappa shape index (κ1) is 24.9. The molecule has 0 aliphatic carbocycles. The first-order chi connectivity index (χ1) is 14.3. The van der Waals surface area contributed by atoms with Gasteiger partial charge in [-0.25, -0.2) is 0 Å². The number of alkyl halides is 3. The number of aliphatic hydroxyl groups is 1. The Labute approximate surface area is 176 Å². The monoisotopic (exact) mass is 434 g/mol. The summed E-state index contributed by atoms with van der Waals surface area (Å²) in [7, 11) is 0. The zero-order chi connectivity index (χ0) is 22.1. The first-order valence-corrected chi connectivity index (χ1v) is 10.7. The first-order valence-electron chi connectivity index (χ1n) is 10.7. The molecule has 2 rings (SSSR count). The third-order valence-corrected chi connectivity index (χ3v) is 5.01. The topological polar surface area (TPSA) is 57.2 Å². The summed E-state index contributed by atoms with van der Waals surface area (Å²) in [5.74, 6) is -0.221. The van der Waals surface area contributed by atoms with E-state index < -0.39 is 30.1 Å². The summed E-state index contributed by atoms with van der Waals surface area (Å²) in [6, 6.07) is 3.70. The lowest BCUT2D eigenvalue weighted by Gasteiger charge is -2.38. The van der Waals surface area contributed by atoms with Crippen molar-refractivity contribution in [1.29, 1.82) is 0 Å². The second-order valence-electron chi connectivity index (χ2n) is 7.56. The van der Waals surface area contributed by atoms with Gasteiger partial charge in [0, 0.05) is 0 Å². The van der Waals surface area contributed by atoms with Crippen LogP contribution >= 0.6 is 0 Å². The molecule has 1 unspecified atom stereocenters. The quantitative estimate of drug-likeness (QED) is 0.492. The standard InChI is InChI=1S/C22H33F3O5/c1-4-6-7-8-9-20-29-14-19(21(30-20)15(3)26)28-13-16-10-11-17(22(23,24)25)18(12-16)27-5-2/h10-12,15,19-21,26H,4-9,13-14H2,1-3H3/t15?,19-,20+,21-/m1/s1. The number of aliphatic hydroxyl groups excluding tert-OH is 1. The van der Waals surface area contributed by atoms with Gasteiger partial charge in [-0.1, -0.05) is 32.3 Å². The van der Waals surface area contributed by atoms with Crippen molar-refractivity contribution in [3.05, 3.63) is 29.3 Å². The Morgan fingerprint density at radius 2 is 1.97 bits per heavy atom. The largest absolute Gasteiger partial charge is 0.493 e. The Morgan fingerprint density at radius 3 is 2.60 bits per heavy atom. The fourth-order valence-electron chi connectivity index (χ4n) is 3.42. The fourth-order valence-corrected chi connectivity index (χ4v) is 3.42. The Bertz CT molecular complexity index is 636. The Morgan fingerprint density at radius 1 is 1.20 bits per heavy atom. The van der Waals surface area contributed by atoms with Crippen LogP contribution in [0.15, 0.2) is 18.2 Å². The van der Waals surface area contributed by atoms with Gasteiger partial charge in [0.2, 0.25) is 0 Å². The lowest BCUT2D eigenvalue weighted by molar-refractivity contribution is -0.281. The molecule has 1 aliphatic heterocycles. The number of unbranched alkanes of at least 4 members (excludes halogenated alkanes) is 3. The van der Waals surface area contributed by atoms with Crippen LogP contribution in [-0.2, 0) is 27.0 Å². The minimum atomic E-state index is -4.49. The van der Waals surface area contributed by atoms with Crippen molar-refractivity contribution in [3.8, 4) is 5.75 Å². The normalized spacial score (nSPS) is 23.4. The molecule has 1 N–H and O–H groups in total. The van der Waals surface area contributed by atoms with Gasteiger partial charge < -0.3 is 24.1 Å². The molecular weight excluding hydrogens is 401 g/mol. The van der Waals surface area contributed by atoms with Crippen molar-refractivity contribution < 1.29 is 37.2 Å². The summed E-state index contributed by atoms with van der Waals surface area (Å²) in [5, 5.41) is 10.1. The number of halogens is 3. The van der Waals surface area contributed by atoms with E-state index in [1.807, 2.05) is 0 Å². The summed E-state index contributed by atoms with van der Waals surface area (Å²) >= 11 is 0. The number of ether oxygens (including phenoxy) is 4. The number of benzene rings is 1. The number of hydrogen-bond acceptors (Lipinski definition) is 5. The molecule has 0 radical (unpaired) electrons. The molecule has 1 aliphatic rings. The maximum Gasteiger partial charge on any atom is 0.419 e. The molecule has 172 valence electrons. The van der Waals surface area contributed by atoms with Crippen LogP contribution in [0, 0.1) is 0 Å². The summed E-state index contributed by atoms with van der Waals surface area (Å²) < 4.78 is 62.0. The van der Waals surface area contributed by atoms with Crippen LogP contribution in [0.2, 0.25) is 0 Å². The maximum absolute atomic E-state index is 13.1. The van der Waals surface area contributed by atoms with Crippen LogP contribution in [0.1, 0.15) is 64.0 Å². The minimum Gasteiger partial charge on any atom is -0.493 e. The summed E-state index contributed by atoms with van der Waals surface area (Å²) in [6.07, 6.45) is -1.54. The molecule has 0 bridgehead atoms. The van der Waals surface area contributed by atoms with Crippen LogP contribution in [0.25, 0.3) is 0 Å². The van der Waals surface area contributed by atoms with E-state index in [4.69, 9.17) is 18.9 Å². The van der Waals surface area contributed by atoms with Gasteiger partial charge in [-0.3, -0.25) is 0 Å². The van der Waals surface area contributed by atoms with Crippen LogP contribution in [0.5, 0.6) is 5.75 Å². The van der Waals surface area contributed by atoms with Gasteiger partial charge in [0.15, 0.2) is 6.29 Å². The van der Waals surface area contributed by atoms with Gasteiger partial charge in [-0.15, -0.1) is 0 Å². The van der Waals surface area contributed by atoms with E-state index >= 15 is 0 Å². The molecule has 5 nitrogen and oxygen atoms in total. The van der Waals surface area contributed by atoms with Crippen LogP contribution in [0.4, 0.5) is 13.2 Å². The van der Waals surface area contributed by atoms with Gasteiger partial charge in [-0.2, -0.15) is 13.2 Å². The molecule has 30 heavy (non-hydrogen) atoms. The molecule has 8 heteroatoms. The van der Waals surface area contributed by atoms with Crippen LogP contribution < -0.4 is 4.74 Å². The highest BCUT2D eigenvalue weighted by Gasteiger charge is 2.36. The molecule has 0 spiro atoms. The van der Waals surface area contributed by atoms with Gasteiger partial charge in [0.25, 0.3) is 0 Å². The molecular formula is C22H33F3O5.